The molecule has 2 aromatic rings. The van der Waals surface area contributed by atoms with E-state index in [2.05, 4.69) is 15.2 Å². The van der Waals surface area contributed by atoms with Crippen LogP contribution in [0.1, 0.15) is 16.8 Å². The van der Waals surface area contributed by atoms with E-state index in [0.29, 0.717) is 5.69 Å². The number of hydrogen-bond acceptors (Lipinski definition) is 6. The molecule has 0 aliphatic carbocycles. The van der Waals surface area contributed by atoms with Gasteiger partial charge in [-0.3, -0.25) is 14.6 Å². The zero-order valence-corrected chi connectivity index (χ0v) is 12.1. The predicted octanol–water partition coefficient (Wildman–Crippen LogP) is 0.823. The van der Waals surface area contributed by atoms with Gasteiger partial charge in [0.25, 0.3) is 5.56 Å². The number of nitrogens with two attached hydrogens (primary N) is 1. The molecule has 0 saturated carbocycles. The van der Waals surface area contributed by atoms with Crippen molar-refractivity contribution in [1.29, 1.82) is 0 Å². The number of anilines is 1. The van der Waals surface area contributed by atoms with E-state index in [-0.39, 0.29) is 23.0 Å². The third-order valence-corrected chi connectivity index (χ3v) is 3.58. The summed E-state index contributed by atoms with van der Waals surface area (Å²) >= 11 is 0.909. The van der Waals surface area contributed by atoms with Gasteiger partial charge in [0.05, 0.1) is 5.75 Å². The first-order chi connectivity index (χ1) is 9.95. The number of nitrogen functional groups attached to an aromatic ring is 1. The Labute approximate surface area is 124 Å². The zero-order valence-electron chi connectivity index (χ0n) is 11.3. The van der Waals surface area contributed by atoms with Gasteiger partial charge in [-0.2, -0.15) is 0 Å². The molecule has 0 aliphatic heterocycles. The van der Waals surface area contributed by atoms with Gasteiger partial charge in [-0.15, -0.1) is 10.2 Å². The number of nitrogens with zero attached hydrogens (tertiary/aromatic N) is 2. The molecular weight excluding hydrogens is 292 g/mol. The number of benzene rings is 1. The van der Waals surface area contributed by atoms with Crippen LogP contribution in [0, 0.1) is 6.92 Å². The van der Waals surface area contributed by atoms with Gasteiger partial charge in [0.15, 0.2) is 5.16 Å². The number of hydrogen-bond donors (Lipinski definition) is 3. The first-order valence-electron chi connectivity index (χ1n) is 6.11. The Morgan fingerprint density at radius 3 is 2.81 bits per heavy atom. The molecule has 110 valence electrons. The molecule has 0 amide bonds. The van der Waals surface area contributed by atoms with Crippen LogP contribution in [-0.4, -0.2) is 32.0 Å². The minimum atomic E-state index is -0.987. The molecule has 7 nitrogen and oxygen atoms in total. The van der Waals surface area contributed by atoms with Crippen LogP contribution in [-0.2, 0) is 11.2 Å². The number of rotatable bonds is 5. The summed E-state index contributed by atoms with van der Waals surface area (Å²) in [6, 6.07) is 5.58. The molecule has 0 saturated heterocycles. The third-order valence-electron chi connectivity index (χ3n) is 2.74. The van der Waals surface area contributed by atoms with Crippen molar-refractivity contribution >= 4 is 23.4 Å². The minimum absolute atomic E-state index is 0.183. The van der Waals surface area contributed by atoms with Gasteiger partial charge >= 0.3 is 5.97 Å². The predicted molar refractivity (Wildman–Crippen MR) is 79.4 cm³/mol. The first-order valence-corrected chi connectivity index (χ1v) is 7.09. The molecule has 0 radical (unpaired) electrons. The molecule has 2 rings (SSSR count). The Kier molecular flexibility index (Phi) is 4.59. The molecule has 21 heavy (non-hydrogen) atoms. The first kappa shape index (κ1) is 15.0. The molecule has 1 aromatic carbocycles. The molecule has 0 atom stereocenters. The molecule has 8 heteroatoms. The van der Waals surface area contributed by atoms with Crippen molar-refractivity contribution in [3.8, 4) is 0 Å². The third kappa shape index (κ3) is 4.06. The summed E-state index contributed by atoms with van der Waals surface area (Å²) in [5.74, 6) is -1.17. The summed E-state index contributed by atoms with van der Waals surface area (Å²) in [4.78, 5) is 24.9. The summed E-state index contributed by atoms with van der Waals surface area (Å²) in [5, 5.41) is 16.4. The highest BCUT2D eigenvalue weighted by atomic mass is 32.2. The number of carbonyl (C=O) groups is 1. The molecule has 1 heterocycles. The summed E-state index contributed by atoms with van der Waals surface area (Å²) in [7, 11) is 0. The number of aromatic amines is 1. The monoisotopic (exact) mass is 306 g/mol. The van der Waals surface area contributed by atoms with E-state index in [1.165, 1.54) is 0 Å². The second-order valence-corrected chi connectivity index (χ2v) is 5.43. The highest BCUT2D eigenvalue weighted by Gasteiger charge is 2.09. The standard InChI is InChI=1S/C13H14N4O3S/c1-7-2-3-8(9(14)4-7)5-10-12(20)15-13(17-16-10)21-6-11(18)19/h2-4H,5-6,14H2,1H3,(H,18,19)(H,15,17,20). The van der Waals surface area contributed by atoms with Crippen molar-refractivity contribution in [2.24, 2.45) is 0 Å². The largest absolute Gasteiger partial charge is 0.481 e. The van der Waals surface area contributed by atoms with Crippen LogP contribution >= 0.6 is 11.8 Å². The van der Waals surface area contributed by atoms with Crippen LogP contribution in [0.2, 0.25) is 0 Å². The molecule has 4 N–H and O–H groups in total. The van der Waals surface area contributed by atoms with E-state index >= 15 is 0 Å². The quantitative estimate of drug-likeness (QED) is 0.552. The average molecular weight is 306 g/mol. The van der Waals surface area contributed by atoms with E-state index in [1.54, 1.807) is 0 Å². The van der Waals surface area contributed by atoms with E-state index < -0.39 is 11.5 Å². The SMILES string of the molecule is Cc1ccc(Cc2nnc(SCC(=O)O)[nH]c2=O)c(N)c1. The fourth-order valence-electron chi connectivity index (χ4n) is 1.71. The van der Waals surface area contributed by atoms with Gasteiger partial charge in [0, 0.05) is 12.1 Å². The van der Waals surface area contributed by atoms with E-state index in [4.69, 9.17) is 10.8 Å². The van der Waals surface area contributed by atoms with Crippen molar-refractivity contribution in [2.45, 2.75) is 18.5 Å². The van der Waals surface area contributed by atoms with Crippen LogP contribution < -0.4 is 11.3 Å². The molecule has 0 aliphatic rings. The topological polar surface area (TPSA) is 122 Å². The van der Waals surface area contributed by atoms with Gasteiger partial charge in [0.1, 0.15) is 5.69 Å². The van der Waals surface area contributed by atoms with Gasteiger partial charge in [0.2, 0.25) is 0 Å². The number of carboxylic acid groups (broad SMARTS) is 1. The molecular formula is C13H14N4O3S. The summed E-state index contributed by atoms with van der Waals surface area (Å²) in [6.45, 7) is 1.93. The number of H-pyrrole nitrogens is 1. The van der Waals surface area contributed by atoms with Crippen molar-refractivity contribution in [2.75, 3.05) is 11.5 Å². The smallest absolute Gasteiger partial charge is 0.313 e. The maximum atomic E-state index is 11.9. The molecule has 0 spiro atoms. The molecule has 0 bridgehead atoms. The van der Waals surface area contributed by atoms with Crippen molar-refractivity contribution in [3.63, 3.8) is 0 Å². The number of carboxylic acids is 1. The van der Waals surface area contributed by atoms with Crippen LogP contribution in [0.3, 0.4) is 0 Å². The van der Waals surface area contributed by atoms with Gasteiger partial charge in [-0.05, 0) is 24.1 Å². The van der Waals surface area contributed by atoms with Gasteiger partial charge in [-0.25, -0.2) is 0 Å². The summed E-state index contributed by atoms with van der Waals surface area (Å²) in [6.07, 6.45) is 0.276. The van der Waals surface area contributed by atoms with Crippen LogP contribution in [0.5, 0.6) is 0 Å². The Balaban J connectivity index is 2.17. The van der Waals surface area contributed by atoms with E-state index in [0.717, 1.165) is 22.9 Å². The van der Waals surface area contributed by atoms with E-state index in [9.17, 15) is 9.59 Å². The fourth-order valence-corrected chi connectivity index (χ4v) is 2.24. The second-order valence-electron chi connectivity index (χ2n) is 4.47. The van der Waals surface area contributed by atoms with Crippen molar-refractivity contribution < 1.29 is 9.90 Å². The summed E-state index contributed by atoms with van der Waals surface area (Å²) in [5.41, 5.74) is 8.18. The lowest BCUT2D eigenvalue weighted by Crippen LogP contribution is -2.18. The fraction of sp³-hybridized carbons (Fsp3) is 0.231. The Bertz CT molecular complexity index is 730. The number of aliphatic carboxylic acids is 1. The Hall–Kier alpha value is -2.35. The van der Waals surface area contributed by atoms with Gasteiger partial charge in [-0.1, -0.05) is 23.9 Å². The lowest BCUT2D eigenvalue weighted by Gasteiger charge is -2.05. The lowest BCUT2D eigenvalue weighted by molar-refractivity contribution is -0.133. The minimum Gasteiger partial charge on any atom is -0.481 e. The lowest BCUT2D eigenvalue weighted by atomic mass is 10.1. The number of thioether (sulfide) groups is 1. The van der Waals surface area contributed by atoms with Crippen LogP contribution in [0.4, 0.5) is 5.69 Å². The highest BCUT2D eigenvalue weighted by Crippen LogP contribution is 2.16. The second kappa shape index (κ2) is 6.40. The maximum Gasteiger partial charge on any atom is 0.313 e. The van der Waals surface area contributed by atoms with Crippen molar-refractivity contribution in [3.05, 3.63) is 45.4 Å². The Morgan fingerprint density at radius 1 is 1.43 bits per heavy atom. The van der Waals surface area contributed by atoms with Gasteiger partial charge < -0.3 is 10.8 Å². The van der Waals surface area contributed by atoms with E-state index in [1.807, 2.05) is 25.1 Å². The zero-order chi connectivity index (χ0) is 15.4. The maximum absolute atomic E-state index is 11.9. The molecule has 1 aromatic heterocycles. The number of aromatic nitrogens is 3. The van der Waals surface area contributed by atoms with Crippen molar-refractivity contribution in [1.82, 2.24) is 15.2 Å². The summed E-state index contributed by atoms with van der Waals surface area (Å²) < 4.78 is 0. The molecule has 0 unspecified atom stereocenters. The number of aryl methyl sites for hydroxylation is 1. The normalized spacial score (nSPS) is 10.5. The highest BCUT2D eigenvalue weighted by molar-refractivity contribution is 7.99. The number of nitrogens with one attached hydrogen (secondary N) is 1. The van der Waals surface area contributed by atoms with Crippen LogP contribution in [0.25, 0.3) is 0 Å². The average Bonchev–Trinajstić information content (AvgIpc) is 2.42. The molecule has 0 fully saturated rings. The van der Waals surface area contributed by atoms with Crippen LogP contribution in [0.15, 0.2) is 28.2 Å². The Morgan fingerprint density at radius 2 is 2.19 bits per heavy atom.